The Kier molecular flexibility index (Phi) is 12.2. The Morgan fingerprint density at radius 1 is 1.04 bits per heavy atom. The lowest BCUT2D eigenvalue weighted by Crippen LogP contribution is -2.38. The highest BCUT2D eigenvalue weighted by Crippen LogP contribution is 2.07. The number of nitrogens with one attached hydrogen (secondary N) is 2. The van der Waals surface area contributed by atoms with E-state index in [2.05, 4.69) is 39.7 Å². The van der Waals surface area contributed by atoms with Gasteiger partial charge in [0, 0.05) is 32.4 Å². The first-order chi connectivity index (χ1) is 12.8. The Morgan fingerprint density at radius 3 is 2.52 bits per heavy atom. The molecule has 0 saturated heterocycles. The molecule has 0 bridgehead atoms. The van der Waals surface area contributed by atoms with E-state index in [0.717, 1.165) is 17.9 Å². The van der Waals surface area contributed by atoms with Crippen molar-refractivity contribution in [3.05, 3.63) is 59.8 Å². The molecule has 0 spiro atoms. The van der Waals surface area contributed by atoms with Crippen LogP contribution in [0.15, 0.2) is 53.7 Å². The predicted octanol–water partition coefficient (Wildman–Crippen LogP) is 3.37. The van der Waals surface area contributed by atoms with E-state index in [9.17, 15) is 0 Å². The summed E-state index contributed by atoms with van der Waals surface area (Å²) in [5.74, 6) is 1.40. The van der Waals surface area contributed by atoms with Gasteiger partial charge >= 0.3 is 0 Å². The Labute approximate surface area is 178 Å². The maximum absolute atomic E-state index is 5.65. The van der Waals surface area contributed by atoms with Crippen molar-refractivity contribution >= 4 is 29.9 Å². The second-order valence-electron chi connectivity index (χ2n) is 5.74. The summed E-state index contributed by atoms with van der Waals surface area (Å²) in [5.41, 5.74) is 2.24. The molecule has 27 heavy (non-hydrogen) atoms. The van der Waals surface area contributed by atoms with Crippen LogP contribution in [-0.4, -0.2) is 37.7 Å². The van der Waals surface area contributed by atoms with Gasteiger partial charge < -0.3 is 20.1 Å². The van der Waals surface area contributed by atoms with Crippen molar-refractivity contribution in [2.75, 3.05) is 26.8 Å². The topological polar surface area (TPSA) is 67.8 Å². The molecule has 6 nitrogen and oxygen atoms in total. The van der Waals surface area contributed by atoms with Crippen molar-refractivity contribution in [3.8, 4) is 5.88 Å². The standard InChI is InChI=1S/C20H28N4O2.HI/c1-3-12-26-19-10-9-18(14-23-19)15-24-20(21-2)22-11-13-25-16-17-7-5-4-6-8-17;/h4-10,14H,3,11-13,15-16H2,1-2H3,(H2,21,22,24);1H. The van der Waals surface area contributed by atoms with E-state index >= 15 is 0 Å². The van der Waals surface area contributed by atoms with Crippen LogP contribution < -0.4 is 15.4 Å². The molecule has 0 saturated carbocycles. The Balaban J connectivity index is 0.00000364. The summed E-state index contributed by atoms with van der Waals surface area (Å²) in [6.07, 6.45) is 2.79. The van der Waals surface area contributed by atoms with Gasteiger partial charge in [0.15, 0.2) is 5.96 Å². The van der Waals surface area contributed by atoms with E-state index < -0.39 is 0 Å². The summed E-state index contributed by atoms with van der Waals surface area (Å²) in [7, 11) is 1.75. The van der Waals surface area contributed by atoms with Gasteiger partial charge in [0.2, 0.25) is 5.88 Å². The minimum Gasteiger partial charge on any atom is -0.478 e. The van der Waals surface area contributed by atoms with Crippen molar-refractivity contribution < 1.29 is 9.47 Å². The number of rotatable bonds is 10. The number of nitrogens with zero attached hydrogens (tertiary/aromatic N) is 2. The zero-order valence-electron chi connectivity index (χ0n) is 16.0. The summed E-state index contributed by atoms with van der Waals surface area (Å²) in [6, 6.07) is 14.0. The predicted molar refractivity (Wildman–Crippen MR) is 120 cm³/mol. The molecule has 0 fully saturated rings. The molecule has 1 heterocycles. The highest BCUT2D eigenvalue weighted by atomic mass is 127. The minimum absolute atomic E-state index is 0. The van der Waals surface area contributed by atoms with Crippen molar-refractivity contribution in [3.63, 3.8) is 0 Å². The van der Waals surface area contributed by atoms with Crippen molar-refractivity contribution in [2.45, 2.75) is 26.5 Å². The fraction of sp³-hybridized carbons (Fsp3) is 0.400. The fourth-order valence-electron chi connectivity index (χ4n) is 2.22. The third-order valence-corrected chi connectivity index (χ3v) is 3.59. The van der Waals surface area contributed by atoms with E-state index in [4.69, 9.17) is 9.47 Å². The summed E-state index contributed by atoms with van der Waals surface area (Å²) in [6.45, 7) is 5.32. The van der Waals surface area contributed by atoms with Gasteiger partial charge in [0.25, 0.3) is 0 Å². The Bertz CT molecular complexity index is 651. The molecule has 7 heteroatoms. The Hall–Kier alpha value is -1.87. The lowest BCUT2D eigenvalue weighted by molar-refractivity contribution is 0.125. The number of hydrogen-bond acceptors (Lipinski definition) is 4. The van der Waals surface area contributed by atoms with Gasteiger partial charge in [-0.05, 0) is 17.5 Å². The third-order valence-electron chi connectivity index (χ3n) is 3.59. The van der Waals surface area contributed by atoms with Gasteiger partial charge in [-0.2, -0.15) is 0 Å². The zero-order chi connectivity index (χ0) is 18.5. The molecule has 2 aromatic rings. The first kappa shape index (κ1) is 23.2. The molecule has 1 aromatic carbocycles. The smallest absolute Gasteiger partial charge is 0.213 e. The molecule has 0 amide bonds. The van der Waals surface area contributed by atoms with Crippen molar-refractivity contribution in [1.29, 1.82) is 0 Å². The highest BCUT2D eigenvalue weighted by Gasteiger charge is 2.00. The van der Waals surface area contributed by atoms with Crippen LogP contribution in [0.3, 0.4) is 0 Å². The molecule has 2 rings (SSSR count). The van der Waals surface area contributed by atoms with Gasteiger partial charge in [-0.25, -0.2) is 4.98 Å². The maximum Gasteiger partial charge on any atom is 0.213 e. The lowest BCUT2D eigenvalue weighted by atomic mass is 10.2. The molecular weight excluding hydrogens is 455 g/mol. The average Bonchev–Trinajstić information content (AvgIpc) is 2.70. The van der Waals surface area contributed by atoms with E-state index in [-0.39, 0.29) is 24.0 Å². The molecule has 0 atom stereocenters. The van der Waals surface area contributed by atoms with Crippen molar-refractivity contribution in [2.24, 2.45) is 4.99 Å². The van der Waals surface area contributed by atoms with Crippen LogP contribution in [0.2, 0.25) is 0 Å². The molecule has 0 aliphatic carbocycles. The van der Waals surface area contributed by atoms with Gasteiger partial charge in [-0.1, -0.05) is 43.3 Å². The van der Waals surface area contributed by atoms with Crippen LogP contribution in [0.25, 0.3) is 0 Å². The number of pyridine rings is 1. The largest absolute Gasteiger partial charge is 0.478 e. The van der Waals surface area contributed by atoms with E-state index in [1.807, 2.05) is 36.5 Å². The quantitative estimate of drug-likeness (QED) is 0.234. The van der Waals surface area contributed by atoms with Crippen LogP contribution >= 0.6 is 24.0 Å². The number of ether oxygens (including phenoxy) is 2. The average molecular weight is 484 g/mol. The van der Waals surface area contributed by atoms with Gasteiger partial charge in [0.1, 0.15) is 0 Å². The summed E-state index contributed by atoms with van der Waals surface area (Å²) >= 11 is 0. The van der Waals surface area contributed by atoms with Crippen LogP contribution in [-0.2, 0) is 17.9 Å². The minimum atomic E-state index is 0. The van der Waals surface area contributed by atoms with Crippen LogP contribution in [0, 0.1) is 0 Å². The summed E-state index contributed by atoms with van der Waals surface area (Å²) in [4.78, 5) is 8.50. The SMILES string of the molecule is CCCOc1ccc(CNC(=NC)NCCOCc2ccccc2)cn1.I. The number of aromatic nitrogens is 1. The van der Waals surface area contributed by atoms with Crippen molar-refractivity contribution in [1.82, 2.24) is 15.6 Å². The maximum atomic E-state index is 5.65. The first-order valence-corrected chi connectivity index (χ1v) is 8.95. The zero-order valence-corrected chi connectivity index (χ0v) is 18.3. The summed E-state index contributed by atoms with van der Waals surface area (Å²) in [5, 5.41) is 6.49. The molecule has 2 N–H and O–H groups in total. The van der Waals surface area contributed by atoms with E-state index in [0.29, 0.717) is 38.8 Å². The molecule has 1 aromatic heterocycles. The molecule has 148 valence electrons. The monoisotopic (exact) mass is 484 g/mol. The second-order valence-corrected chi connectivity index (χ2v) is 5.74. The third kappa shape index (κ3) is 9.58. The highest BCUT2D eigenvalue weighted by molar-refractivity contribution is 14.0. The lowest BCUT2D eigenvalue weighted by Gasteiger charge is -2.12. The second kappa shape index (κ2) is 14.2. The molecule has 0 aliphatic heterocycles. The Morgan fingerprint density at radius 2 is 1.85 bits per heavy atom. The van der Waals surface area contributed by atoms with Crippen LogP contribution in [0.5, 0.6) is 5.88 Å². The molecule has 0 aliphatic rings. The molecular formula is C20H29IN4O2. The normalized spacial score (nSPS) is 10.8. The molecule has 0 radical (unpaired) electrons. The number of guanidine groups is 1. The molecule has 0 unspecified atom stereocenters. The number of halogens is 1. The first-order valence-electron chi connectivity index (χ1n) is 8.95. The summed E-state index contributed by atoms with van der Waals surface area (Å²) < 4.78 is 11.1. The van der Waals surface area contributed by atoms with Gasteiger partial charge in [0.05, 0.1) is 19.8 Å². The number of hydrogen-bond donors (Lipinski definition) is 2. The fourth-order valence-corrected chi connectivity index (χ4v) is 2.22. The van der Waals surface area contributed by atoms with Crippen LogP contribution in [0.4, 0.5) is 0 Å². The number of aliphatic imine (C=N–C) groups is 1. The van der Waals surface area contributed by atoms with E-state index in [1.54, 1.807) is 7.05 Å². The number of benzene rings is 1. The van der Waals surface area contributed by atoms with Gasteiger partial charge in [-0.3, -0.25) is 4.99 Å². The van der Waals surface area contributed by atoms with E-state index in [1.165, 1.54) is 5.56 Å². The van der Waals surface area contributed by atoms with Crippen LogP contribution in [0.1, 0.15) is 24.5 Å². The van der Waals surface area contributed by atoms with Gasteiger partial charge in [-0.15, -0.1) is 24.0 Å².